The van der Waals surface area contributed by atoms with Crippen molar-refractivity contribution in [3.63, 3.8) is 0 Å². The Kier molecular flexibility index (Phi) is 7.21. The Morgan fingerprint density at radius 1 is 1.15 bits per heavy atom. The Morgan fingerprint density at radius 2 is 1.85 bits per heavy atom. The largest absolute Gasteiger partial charge is 0.380 e. The van der Waals surface area contributed by atoms with Crippen LogP contribution in [0.1, 0.15) is 17.2 Å². The van der Waals surface area contributed by atoms with Gasteiger partial charge in [0.2, 0.25) is 0 Å². The van der Waals surface area contributed by atoms with Crippen molar-refractivity contribution in [1.82, 2.24) is 4.90 Å². The minimum atomic E-state index is 0.185. The van der Waals surface area contributed by atoms with Crippen LogP contribution in [0.3, 0.4) is 0 Å². The summed E-state index contributed by atoms with van der Waals surface area (Å²) in [7, 11) is 1.68. The fraction of sp³-hybridized carbons (Fsp3) is 0.381. The first-order valence-electron chi connectivity index (χ1n) is 9.28. The van der Waals surface area contributed by atoms with Gasteiger partial charge in [-0.15, -0.1) is 0 Å². The molecule has 1 fully saturated rings. The minimum Gasteiger partial charge on any atom is -0.380 e. The summed E-state index contributed by atoms with van der Waals surface area (Å²) >= 11 is 0. The molecule has 3 rings (SSSR count). The molecule has 6 heteroatoms. The fourth-order valence-electron chi connectivity index (χ4n) is 3.28. The topological polar surface area (TPSA) is 72.1 Å². The molecule has 6 nitrogen and oxygen atoms in total. The quantitative estimate of drug-likeness (QED) is 0.581. The summed E-state index contributed by atoms with van der Waals surface area (Å²) in [5.41, 5.74) is 9.39. The number of aliphatic imine (C=N–C) groups is 1. The van der Waals surface area contributed by atoms with E-state index >= 15 is 0 Å². The molecule has 0 amide bonds. The SMILES string of the molecule is COCc1ccccc1NC(N)=NCC(c1ccccc1)N1CCOCC1. The van der Waals surface area contributed by atoms with Crippen molar-refractivity contribution in [2.24, 2.45) is 10.7 Å². The van der Waals surface area contributed by atoms with Crippen LogP contribution >= 0.6 is 0 Å². The first-order chi connectivity index (χ1) is 13.3. The highest BCUT2D eigenvalue weighted by atomic mass is 16.5. The number of hydrogen-bond donors (Lipinski definition) is 2. The summed E-state index contributed by atoms with van der Waals surface area (Å²) in [6.45, 7) is 4.43. The van der Waals surface area contributed by atoms with Crippen LogP contribution in [-0.2, 0) is 16.1 Å². The molecular formula is C21H28N4O2. The zero-order valence-corrected chi connectivity index (χ0v) is 15.8. The molecule has 0 aliphatic carbocycles. The van der Waals surface area contributed by atoms with Gasteiger partial charge in [0.05, 0.1) is 32.4 Å². The summed E-state index contributed by atoms with van der Waals surface area (Å²) in [5.74, 6) is 0.410. The lowest BCUT2D eigenvalue weighted by atomic mass is 10.1. The maximum Gasteiger partial charge on any atom is 0.193 e. The van der Waals surface area contributed by atoms with E-state index in [0.717, 1.165) is 37.6 Å². The number of benzene rings is 2. The molecular weight excluding hydrogens is 340 g/mol. The van der Waals surface area contributed by atoms with Gasteiger partial charge in [-0.25, -0.2) is 0 Å². The van der Waals surface area contributed by atoms with E-state index in [-0.39, 0.29) is 6.04 Å². The molecule has 0 saturated carbocycles. The molecule has 2 aromatic rings. The molecule has 1 aliphatic heterocycles. The normalized spacial score (nSPS) is 16.9. The highest BCUT2D eigenvalue weighted by Gasteiger charge is 2.22. The second kappa shape index (κ2) is 10.1. The fourth-order valence-corrected chi connectivity index (χ4v) is 3.28. The number of guanidine groups is 1. The van der Waals surface area contributed by atoms with Crippen molar-refractivity contribution in [2.45, 2.75) is 12.6 Å². The molecule has 1 unspecified atom stereocenters. The Balaban J connectivity index is 1.72. The van der Waals surface area contributed by atoms with Gasteiger partial charge in [0, 0.05) is 31.5 Å². The van der Waals surface area contributed by atoms with E-state index in [2.05, 4.69) is 39.5 Å². The van der Waals surface area contributed by atoms with Crippen LogP contribution in [0.2, 0.25) is 0 Å². The second-order valence-corrected chi connectivity index (χ2v) is 6.52. The maximum atomic E-state index is 6.18. The minimum absolute atomic E-state index is 0.185. The molecule has 0 bridgehead atoms. The summed E-state index contributed by atoms with van der Waals surface area (Å²) in [6.07, 6.45) is 0. The van der Waals surface area contributed by atoms with E-state index < -0.39 is 0 Å². The van der Waals surface area contributed by atoms with Gasteiger partial charge in [0.15, 0.2) is 5.96 Å². The van der Waals surface area contributed by atoms with Crippen LogP contribution < -0.4 is 11.1 Å². The van der Waals surface area contributed by atoms with Gasteiger partial charge in [-0.3, -0.25) is 9.89 Å². The van der Waals surface area contributed by atoms with Crippen LogP contribution in [0.15, 0.2) is 59.6 Å². The smallest absolute Gasteiger partial charge is 0.193 e. The molecule has 0 radical (unpaired) electrons. The first-order valence-corrected chi connectivity index (χ1v) is 9.28. The predicted molar refractivity (Wildman–Crippen MR) is 109 cm³/mol. The molecule has 1 aliphatic rings. The van der Waals surface area contributed by atoms with Gasteiger partial charge >= 0.3 is 0 Å². The Hall–Kier alpha value is -2.41. The molecule has 3 N–H and O–H groups in total. The van der Waals surface area contributed by atoms with E-state index in [4.69, 9.17) is 15.2 Å². The van der Waals surface area contributed by atoms with Gasteiger partial charge in [0.25, 0.3) is 0 Å². The maximum absolute atomic E-state index is 6.18. The van der Waals surface area contributed by atoms with Crippen LogP contribution in [-0.4, -0.2) is 50.8 Å². The number of ether oxygens (including phenoxy) is 2. The molecule has 27 heavy (non-hydrogen) atoms. The Labute approximate surface area is 161 Å². The molecule has 2 aromatic carbocycles. The van der Waals surface area contributed by atoms with E-state index in [0.29, 0.717) is 19.1 Å². The van der Waals surface area contributed by atoms with Crippen molar-refractivity contribution in [1.29, 1.82) is 0 Å². The van der Waals surface area contributed by atoms with Gasteiger partial charge in [-0.05, 0) is 11.6 Å². The van der Waals surface area contributed by atoms with E-state index in [1.807, 2.05) is 30.3 Å². The lowest BCUT2D eigenvalue weighted by Crippen LogP contribution is -2.40. The molecule has 1 heterocycles. The number of rotatable bonds is 7. The zero-order chi connectivity index (χ0) is 18.9. The molecule has 0 spiro atoms. The summed E-state index contributed by atoms with van der Waals surface area (Å²) in [6, 6.07) is 18.6. The van der Waals surface area contributed by atoms with Crippen LogP contribution in [0, 0.1) is 0 Å². The van der Waals surface area contributed by atoms with Crippen molar-refractivity contribution in [3.8, 4) is 0 Å². The third kappa shape index (κ3) is 5.53. The van der Waals surface area contributed by atoms with Crippen LogP contribution in [0.4, 0.5) is 5.69 Å². The number of nitrogens with zero attached hydrogens (tertiary/aromatic N) is 2. The molecule has 1 atom stereocenters. The Morgan fingerprint density at radius 3 is 2.59 bits per heavy atom. The third-order valence-electron chi connectivity index (χ3n) is 4.69. The number of morpholine rings is 1. The molecule has 144 valence electrons. The number of nitrogens with two attached hydrogens (primary N) is 1. The average Bonchev–Trinajstić information content (AvgIpc) is 2.71. The van der Waals surface area contributed by atoms with Gasteiger partial charge in [-0.2, -0.15) is 0 Å². The van der Waals surface area contributed by atoms with E-state index in [1.54, 1.807) is 7.11 Å². The highest BCUT2D eigenvalue weighted by molar-refractivity contribution is 5.93. The zero-order valence-electron chi connectivity index (χ0n) is 15.8. The number of methoxy groups -OCH3 is 1. The number of nitrogens with one attached hydrogen (secondary N) is 1. The average molecular weight is 368 g/mol. The number of hydrogen-bond acceptors (Lipinski definition) is 4. The lowest BCUT2D eigenvalue weighted by molar-refractivity contribution is 0.0180. The van der Waals surface area contributed by atoms with Gasteiger partial charge < -0.3 is 20.5 Å². The molecule has 1 saturated heterocycles. The standard InChI is InChI=1S/C21H28N4O2/c1-26-16-18-9-5-6-10-19(18)24-21(22)23-15-20(17-7-3-2-4-8-17)25-11-13-27-14-12-25/h2-10,20H,11-16H2,1H3,(H3,22,23,24). The van der Waals surface area contributed by atoms with Crippen molar-refractivity contribution < 1.29 is 9.47 Å². The van der Waals surface area contributed by atoms with Gasteiger partial charge in [-0.1, -0.05) is 48.5 Å². The summed E-state index contributed by atoms with van der Waals surface area (Å²) < 4.78 is 10.7. The third-order valence-corrected chi connectivity index (χ3v) is 4.69. The van der Waals surface area contributed by atoms with Crippen molar-refractivity contribution in [2.75, 3.05) is 45.3 Å². The molecule has 0 aromatic heterocycles. The second-order valence-electron chi connectivity index (χ2n) is 6.52. The summed E-state index contributed by atoms with van der Waals surface area (Å²) in [5, 5.41) is 3.21. The predicted octanol–water partition coefficient (Wildman–Crippen LogP) is 2.63. The van der Waals surface area contributed by atoms with E-state index in [9.17, 15) is 0 Å². The van der Waals surface area contributed by atoms with Crippen LogP contribution in [0.5, 0.6) is 0 Å². The highest BCUT2D eigenvalue weighted by Crippen LogP contribution is 2.22. The number of anilines is 1. The van der Waals surface area contributed by atoms with E-state index in [1.165, 1.54) is 5.56 Å². The van der Waals surface area contributed by atoms with Crippen LogP contribution in [0.25, 0.3) is 0 Å². The lowest BCUT2D eigenvalue weighted by Gasteiger charge is -2.34. The van der Waals surface area contributed by atoms with Crippen molar-refractivity contribution in [3.05, 3.63) is 65.7 Å². The van der Waals surface area contributed by atoms with Crippen molar-refractivity contribution >= 4 is 11.6 Å². The van der Waals surface area contributed by atoms with Gasteiger partial charge in [0.1, 0.15) is 0 Å². The first kappa shape index (κ1) is 19.4. The monoisotopic (exact) mass is 368 g/mol. The number of para-hydroxylation sites is 1. The summed E-state index contributed by atoms with van der Waals surface area (Å²) in [4.78, 5) is 7.04. The Bertz CT molecular complexity index is 730.